The van der Waals surface area contributed by atoms with Crippen LogP contribution in [0.15, 0.2) is 18.2 Å². The number of aldehydes is 1. The lowest BCUT2D eigenvalue weighted by Gasteiger charge is -2.06. The van der Waals surface area contributed by atoms with Gasteiger partial charge in [-0.1, -0.05) is 12.1 Å². The van der Waals surface area contributed by atoms with E-state index in [4.69, 9.17) is 9.84 Å². The molecule has 74 valence electrons. The third-order valence-electron chi connectivity index (χ3n) is 1.70. The van der Waals surface area contributed by atoms with Gasteiger partial charge < -0.3 is 9.84 Å². The highest BCUT2D eigenvalue weighted by molar-refractivity contribution is 5.76. The van der Waals surface area contributed by atoms with Crippen molar-refractivity contribution in [1.29, 1.82) is 0 Å². The standard InChI is InChI=1S/C10H10O4/c1-7-2-3-8(5-11)4-9(7)14-6-10(12)13/h2-5H,6H2,1H3,(H,12,13). The molecule has 14 heavy (non-hydrogen) atoms. The first-order valence-corrected chi connectivity index (χ1v) is 4.04. The Balaban J connectivity index is 2.83. The number of hydrogen-bond acceptors (Lipinski definition) is 3. The molecule has 0 aliphatic carbocycles. The van der Waals surface area contributed by atoms with Gasteiger partial charge >= 0.3 is 5.97 Å². The van der Waals surface area contributed by atoms with E-state index in [0.29, 0.717) is 17.6 Å². The van der Waals surface area contributed by atoms with E-state index < -0.39 is 12.6 Å². The largest absolute Gasteiger partial charge is 0.482 e. The number of carboxylic acid groups (broad SMARTS) is 1. The van der Waals surface area contributed by atoms with Crippen LogP contribution in [-0.4, -0.2) is 24.0 Å². The van der Waals surface area contributed by atoms with Crippen LogP contribution in [0.1, 0.15) is 15.9 Å². The molecule has 0 fully saturated rings. The number of hydrogen-bond donors (Lipinski definition) is 1. The second-order valence-electron chi connectivity index (χ2n) is 2.83. The molecular weight excluding hydrogens is 184 g/mol. The molecule has 0 spiro atoms. The lowest BCUT2D eigenvalue weighted by Crippen LogP contribution is -2.10. The lowest BCUT2D eigenvalue weighted by molar-refractivity contribution is -0.139. The molecular formula is C10H10O4. The van der Waals surface area contributed by atoms with Crippen LogP contribution >= 0.6 is 0 Å². The number of ether oxygens (including phenoxy) is 1. The van der Waals surface area contributed by atoms with Crippen LogP contribution in [0.4, 0.5) is 0 Å². The van der Waals surface area contributed by atoms with E-state index in [2.05, 4.69) is 0 Å². The summed E-state index contributed by atoms with van der Waals surface area (Å²) in [4.78, 5) is 20.7. The van der Waals surface area contributed by atoms with Crippen LogP contribution in [-0.2, 0) is 4.79 Å². The molecule has 1 rings (SSSR count). The zero-order valence-corrected chi connectivity index (χ0v) is 7.69. The van der Waals surface area contributed by atoms with Crippen LogP contribution in [0.5, 0.6) is 5.75 Å². The predicted molar refractivity (Wildman–Crippen MR) is 49.7 cm³/mol. The number of carbonyl (C=O) groups excluding carboxylic acids is 1. The zero-order valence-electron chi connectivity index (χ0n) is 7.69. The Kier molecular flexibility index (Phi) is 3.23. The smallest absolute Gasteiger partial charge is 0.341 e. The molecule has 4 heteroatoms. The van der Waals surface area contributed by atoms with Gasteiger partial charge in [-0.15, -0.1) is 0 Å². The van der Waals surface area contributed by atoms with Crippen molar-refractivity contribution in [2.45, 2.75) is 6.92 Å². The molecule has 1 aromatic carbocycles. The monoisotopic (exact) mass is 194 g/mol. The molecule has 0 saturated heterocycles. The number of rotatable bonds is 4. The van der Waals surface area contributed by atoms with E-state index in [1.807, 2.05) is 0 Å². The van der Waals surface area contributed by atoms with Gasteiger partial charge in [0.1, 0.15) is 12.0 Å². The molecule has 0 aromatic heterocycles. The number of aryl methyl sites for hydroxylation is 1. The fraction of sp³-hybridized carbons (Fsp3) is 0.200. The molecule has 0 aliphatic heterocycles. The highest BCUT2D eigenvalue weighted by Gasteiger charge is 2.03. The first-order chi connectivity index (χ1) is 6.63. The molecule has 0 radical (unpaired) electrons. The van der Waals surface area contributed by atoms with Gasteiger partial charge in [0.05, 0.1) is 0 Å². The molecule has 0 saturated carbocycles. The van der Waals surface area contributed by atoms with E-state index in [-0.39, 0.29) is 0 Å². The van der Waals surface area contributed by atoms with Crippen LogP contribution in [0, 0.1) is 6.92 Å². The Morgan fingerprint density at radius 1 is 1.57 bits per heavy atom. The summed E-state index contributed by atoms with van der Waals surface area (Å²) >= 11 is 0. The second-order valence-corrected chi connectivity index (χ2v) is 2.83. The Hall–Kier alpha value is -1.84. The summed E-state index contributed by atoms with van der Waals surface area (Å²) in [6.07, 6.45) is 0.688. The normalized spacial score (nSPS) is 9.50. The third kappa shape index (κ3) is 2.58. The SMILES string of the molecule is Cc1ccc(C=O)cc1OCC(=O)O. The maximum absolute atomic E-state index is 10.4. The maximum atomic E-state index is 10.4. The quantitative estimate of drug-likeness (QED) is 0.733. The van der Waals surface area contributed by atoms with Crippen molar-refractivity contribution < 1.29 is 19.4 Å². The summed E-state index contributed by atoms with van der Waals surface area (Å²) in [5.41, 5.74) is 1.27. The predicted octanol–water partition coefficient (Wildman–Crippen LogP) is 1.27. The van der Waals surface area contributed by atoms with Gasteiger partial charge in [0.15, 0.2) is 6.61 Å². The van der Waals surface area contributed by atoms with Gasteiger partial charge in [-0.3, -0.25) is 4.79 Å². The van der Waals surface area contributed by atoms with E-state index in [0.717, 1.165) is 5.56 Å². The molecule has 1 N–H and O–H groups in total. The molecule has 0 heterocycles. The van der Waals surface area contributed by atoms with Crippen molar-refractivity contribution in [3.8, 4) is 5.75 Å². The number of carbonyl (C=O) groups is 2. The average molecular weight is 194 g/mol. The van der Waals surface area contributed by atoms with Crippen molar-refractivity contribution in [2.24, 2.45) is 0 Å². The van der Waals surface area contributed by atoms with Gasteiger partial charge in [0.25, 0.3) is 0 Å². The zero-order chi connectivity index (χ0) is 10.6. The van der Waals surface area contributed by atoms with Crippen LogP contribution < -0.4 is 4.74 Å². The van der Waals surface area contributed by atoms with Crippen molar-refractivity contribution in [2.75, 3.05) is 6.61 Å². The summed E-state index contributed by atoms with van der Waals surface area (Å²) in [6.45, 7) is 1.38. The van der Waals surface area contributed by atoms with E-state index in [9.17, 15) is 9.59 Å². The van der Waals surface area contributed by atoms with Crippen LogP contribution in [0.3, 0.4) is 0 Å². The molecule has 0 atom stereocenters. The summed E-state index contributed by atoms with van der Waals surface area (Å²) in [7, 11) is 0. The summed E-state index contributed by atoms with van der Waals surface area (Å²) < 4.78 is 4.98. The first-order valence-electron chi connectivity index (χ1n) is 4.04. The van der Waals surface area contributed by atoms with Gasteiger partial charge in [-0.05, 0) is 18.6 Å². The summed E-state index contributed by atoms with van der Waals surface area (Å²) in [5.74, 6) is -0.613. The van der Waals surface area contributed by atoms with Crippen molar-refractivity contribution in [3.05, 3.63) is 29.3 Å². The Bertz CT molecular complexity index is 357. The lowest BCUT2D eigenvalue weighted by atomic mass is 10.1. The highest BCUT2D eigenvalue weighted by Crippen LogP contribution is 2.18. The molecule has 0 unspecified atom stereocenters. The summed E-state index contributed by atoms with van der Waals surface area (Å²) in [6, 6.07) is 4.88. The fourth-order valence-electron chi connectivity index (χ4n) is 0.985. The summed E-state index contributed by atoms with van der Waals surface area (Å²) in [5, 5.41) is 8.40. The minimum atomic E-state index is -1.04. The maximum Gasteiger partial charge on any atom is 0.341 e. The Labute approximate surface area is 81.1 Å². The van der Waals surface area contributed by atoms with E-state index in [1.165, 1.54) is 6.07 Å². The third-order valence-corrected chi connectivity index (χ3v) is 1.70. The molecule has 0 bridgehead atoms. The molecule has 0 amide bonds. The molecule has 4 nitrogen and oxygen atoms in total. The number of carboxylic acids is 1. The van der Waals surface area contributed by atoms with Gasteiger partial charge in [0.2, 0.25) is 0 Å². The molecule has 1 aromatic rings. The number of aliphatic carboxylic acids is 1. The van der Waals surface area contributed by atoms with Gasteiger partial charge in [-0.2, -0.15) is 0 Å². The first kappa shape index (κ1) is 10.2. The molecule has 0 aliphatic rings. The van der Waals surface area contributed by atoms with Crippen LogP contribution in [0.2, 0.25) is 0 Å². The van der Waals surface area contributed by atoms with Crippen molar-refractivity contribution in [1.82, 2.24) is 0 Å². The highest BCUT2D eigenvalue weighted by atomic mass is 16.5. The van der Waals surface area contributed by atoms with E-state index in [1.54, 1.807) is 19.1 Å². The average Bonchev–Trinajstić information content (AvgIpc) is 2.16. The van der Waals surface area contributed by atoms with E-state index >= 15 is 0 Å². The topological polar surface area (TPSA) is 63.6 Å². The van der Waals surface area contributed by atoms with Gasteiger partial charge in [-0.25, -0.2) is 4.79 Å². The minimum absolute atomic E-state index is 0.400. The van der Waals surface area contributed by atoms with Crippen molar-refractivity contribution >= 4 is 12.3 Å². The van der Waals surface area contributed by atoms with Crippen LogP contribution in [0.25, 0.3) is 0 Å². The number of benzene rings is 1. The second kappa shape index (κ2) is 4.41. The Morgan fingerprint density at radius 3 is 2.86 bits per heavy atom. The van der Waals surface area contributed by atoms with Crippen molar-refractivity contribution in [3.63, 3.8) is 0 Å². The fourth-order valence-corrected chi connectivity index (χ4v) is 0.985. The van der Waals surface area contributed by atoms with Gasteiger partial charge in [0, 0.05) is 5.56 Å². The minimum Gasteiger partial charge on any atom is -0.482 e. The Morgan fingerprint density at radius 2 is 2.29 bits per heavy atom.